The molecule has 6 rings (SSSR count). The highest BCUT2D eigenvalue weighted by Gasteiger charge is 2.17. The Balaban J connectivity index is 1.47. The van der Waals surface area contributed by atoms with Gasteiger partial charge in [0.25, 0.3) is 0 Å². The summed E-state index contributed by atoms with van der Waals surface area (Å²) in [5.74, 6) is 1.35. The number of rotatable bonds is 4. The molecule has 0 saturated heterocycles. The minimum Gasteiger partial charge on any atom is -0.441 e. The maximum atomic E-state index is 6.02. The number of aromatic nitrogens is 2. The van der Waals surface area contributed by atoms with Gasteiger partial charge in [-0.05, 0) is 46.5 Å². The summed E-state index contributed by atoms with van der Waals surface area (Å²) in [5.41, 5.74) is 6.83. The molecule has 0 amide bonds. The van der Waals surface area contributed by atoms with Gasteiger partial charge in [0.15, 0.2) is 22.9 Å². The average molecular weight is 418 g/mol. The number of oxazole rings is 2. The van der Waals surface area contributed by atoms with E-state index >= 15 is 0 Å². The van der Waals surface area contributed by atoms with Crippen molar-refractivity contribution < 1.29 is 8.83 Å². The minimum absolute atomic E-state index is 0.676. The maximum absolute atomic E-state index is 6.02. The topological polar surface area (TPSA) is 52.1 Å². The summed E-state index contributed by atoms with van der Waals surface area (Å²) in [7, 11) is 0. The quantitative estimate of drug-likeness (QED) is 0.283. The average Bonchev–Trinajstić information content (AvgIpc) is 3.34. The van der Waals surface area contributed by atoms with E-state index in [1.54, 1.807) is 0 Å². The Morgan fingerprint density at radius 1 is 0.719 bits per heavy atom. The second-order valence-electron chi connectivity index (χ2n) is 8.42. The zero-order valence-corrected chi connectivity index (χ0v) is 18.1. The SMILES string of the molecule is C=C(Cc1c2ccccc2cc2nc(C)oc12)Cc1c2ccccc2cc2nc(C)oc12. The molecule has 0 spiro atoms. The summed E-state index contributed by atoms with van der Waals surface area (Å²) < 4.78 is 12.0. The Morgan fingerprint density at radius 2 is 1.16 bits per heavy atom. The van der Waals surface area contributed by atoms with Crippen LogP contribution in [0.15, 0.2) is 81.7 Å². The van der Waals surface area contributed by atoms with E-state index in [-0.39, 0.29) is 0 Å². The number of hydrogen-bond donors (Lipinski definition) is 0. The van der Waals surface area contributed by atoms with Crippen LogP contribution in [0.25, 0.3) is 43.7 Å². The van der Waals surface area contributed by atoms with Crippen molar-refractivity contribution in [1.29, 1.82) is 0 Å². The van der Waals surface area contributed by atoms with Gasteiger partial charge in [-0.15, -0.1) is 0 Å². The Morgan fingerprint density at radius 3 is 1.62 bits per heavy atom. The monoisotopic (exact) mass is 418 g/mol. The molecule has 4 aromatic carbocycles. The van der Waals surface area contributed by atoms with Gasteiger partial charge in [-0.25, -0.2) is 9.97 Å². The van der Waals surface area contributed by atoms with Crippen molar-refractivity contribution in [3.63, 3.8) is 0 Å². The Labute approximate surface area is 185 Å². The van der Waals surface area contributed by atoms with Gasteiger partial charge in [-0.2, -0.15) is 0 Å². The van der Waals surface area contributed by atoms with Crippen molar-refractivity contribution in [2.75, 3.05) is 0 Å². The molecule has 0 aliphatic heterocycles. The van der Waals surface area contributed by atoms with Crippen LogP contribution in [0.1, 0.15) is 22.9 Å². The fourth-order valence-electron chi connectivity index (χ4n) is 4.76. The van der Waals surface area contributed by atoms with Crippen molar-refractivity contribution in [1.82, 2.24) is 9.97 Å². The molecule has 0 bridgehead atoms. The summed E-state index contributed by atoms with van der Waals surface area (Å²) in [6.45, 7) is 8.24. The molecule has 4 nitrogen and oxygen atoms in total. The molecule has 0 aliphatic rings. The van der Waals surface area contributed by atoms with E-state index in [1.807, 2.05) is 13.8 Å². The molecule has 0 unspecified atom stereocenters. The van der Waals surface area contributed by atoms with Crippen LogP contribution in [0, 0.1) is 13.8 Å². The molecule has 6 aromatic rings. The van der Waals surface area contributed by atoms with E-state index in [0.29, 0.717) is 24.6 Å². The van der Waals surface area contributed by atoms with Crippen molar-refractivity contribution in [2.24, 2.45) is 0 Å². The molecule has 0 fully saturated rings. The number of benzene rings is 4. The molecule has 0 radical (unpaired) electrons. The first kappa shape index (κ1) is 18.8. The first-order chi connectivity index (χ1) is 15.6. The molecular formula is C28H22N2O2. The number of hydrogen-bond acceptors (Lipinski definition) is 4. The van der Waals surface area contributed by atoms with Gasteiger partial charge in [-0.3, -0.25) is 0 Å². The highest BCUT2D eigenvalue weighted by atomic mass is 16.4. The van der Waals surface area contributed by atoms with Gasteiger partial charge < -0.3 is 8.83 Å². The minimum atomic E-state index is 0.676. The molecule has 156 valence electrons. The third kappa shape index (κ3) is 2.99. The predicted octanol–water partition coefficient (Wildman–Crippen LogP) is 7.23. The lowest BCUT2D eigenvalue weighted by Crippen LogP contribution is -1.98. The van der Waals surface area contributed by atoms with E-state index in [1.165, 1.54) is 10.8 Å². The fourth-order valence-corrected chi connectivity index (χ4v) is 4.76. The van der Waals surface area contributed by atoms with Crippen LogP contribution >= 0.6 is 0 Å². The fraction of sp³-hybridized carbons (Fsp3) is 0.143. The zero-order chi connectivity index (χ0) is 21.8. The molecule has 0 saturated carbocycles. The summed E-state index contributed by atoms with van der Waals surface area (Å²) in [6, 6.07) is 21.0. The van der Waals surface area contributed by atoms with Crippen LogP contribution in [0.5, 0.6) is 0 Å². The van der Waals surface area contributed by atoms with Crippen LogP contribution in [0.3, 0.4) is 0 Å². The van der Waals surface area contributed by atoms with Crippen LogP contribution in [0.2, 0.25) is 0 Å². The van der Waals surface area contributed by atoms with Gasteiger partial charge in [0, 0.05) is 25.0 Å². The van der Waals surface area contributed by atoms with Crippen molar-refractivity contribution in [2.45, 2.75) is 26.7 Å². The smallest absolute Gasteiger partial charge is 0.192 e. The Hall–Kier alpha value is -3.92. The van der Waals surface area contributed by atoms with E-state index in [4.69, 9.17) is 8.83 Å². The highest BCUT2D eigenvalue weighted by molar-refractivity contribution is 6.00. The number of allylic oxidation sites excluding steroid dienone is 1. The zero-order valence-electron chi connectivity index (χ0n) is 18.1. The molecule has 32 heavy (non-hydrogen) atoms. The number of fused-ring (bicyclic) bond motifs is 4. The molecule has 4 heteroatoms. The lowest BCUT2D eigenvalue weighted by Gasteiger charge is -2.12. The lowest BCUT2D eigenvalue weighted by atomic mass is 9.92. The van der Waals surface area contributed by atoms with Crippen molar-refractivity contribution in [3.8, 4) is 0 Å². The number of aryl methyl sites for hydroxylation is 2. The van der Waals surface area contributed by atoms with Gasteiger partial charge >= 0.3 is 0 Å². The molecule has 0 atom stereocenters. The van der Waals surface area contributed by atoms with E-state index in [0.717, 1.165) is 49.7 Å². The first-order valence-electron chi connectivity index (χ1n) is 10.8. The summed E-state index contributed by atoms with van der Waals surface area (Å²) >= 11 is 0. The van der Waals surface area contributed by atoms with Gasteiger partial charge in [-0.1, -0.05) is 60.7 Å². The van der Waals surface area contributed by atoms with Crippen LogP contribution in [0.4, 0.5) is 0 Å². The molecule has 0 N–H and O–H groups in total. The van der Waals surface area contributed by atoms with Crippen LogP contribution in [-0.2, 0) is 12.8 Å². The predicted molar refractivity (Wildman–Crippen MR) is 129 cm³/mol. The van der Waals surface area contributed by atoms with Gasteiger partial charge in [0.1, 0.15) is 11.0 Å². The van der Waals surface area contributed by atoms with E-state index in [9.17, 15) is 0 Å². The second kappa shape index (κ2) is 7.06. The van der Waals surface area contributed by atoms with Crippen LogP contribution in [-0.4, -0.2) is 9.97 Å². The number of nitrogens with zero attached hydrogens (tertiary/aromatic N) is 2. The molecule has 2 aromatic heterocycles. The Kier molecular flexibility index (Phi) is 4.15. The van der Waals surface area contributed by atoms with Gasteiger partial charge in [0.2, 0.25) is 0 Å². The van der Waals surface area contributed by atoms with Crippen molar-refractivity contribution >= 4 is 43.7 Å². The summed E-state index contributed by atoms with van der Waals surface area (Å²) in [6.07, 6.45) is 1.40. The first-order valence-corrected chi connectivity index (χ1v) is 10.8. The molecule has 0 aliphatic carbocycles. The summed E-state index contributed by atoms with van der Waals surface area (Å²) in [4.78, 5) is 9.16. The standard InChI is InChI=1S/C28H22N2O2/c1-16(12-23-21-10-6-4-8-19(21)14-25-27(23)31-17(2)29-25)13-24-22-11-7-5-9-20(22)15-26-28(24)32-18(3)30-26/h4-11,14-15H,1,12-13H2,2-3H3. The third-order valence-corrected chi connectivity index (χ3v) is 6.08. The van der Waals surface area contributed by atoms with E-state index < -0.39 is 0 Å². The molecular weight excluding hydrogens is 396 g/mol. The molecule has 2 heterocycles. The summed E-state index contributed by atoms with van der Waals surface area (Å²) in [5, 5.41) is 4.68. The normalized spacial score (nSPS) is 11.8. The second-order valence-corrected chi connectivity index (χ2v) is 8.42. The maximum Gasteiger partial charge on any atom is 0.192 e. The Bertz CT molecular complexity index is 1550. The van der Waals surface area contributed by atoms with Crippen LogP contribution < -0.4 is 0 Å². The largest absolute Gasteiger partial charge is 0.441 e. The lowest BCUT2D eigenvalue weighted by molar-refractivity contribution is 0.558. The van der Waals surface area contributed by atoms with Crippen molar-refractivity contribution in [3.05, 3.63) is 95.7 Å². The van der Waals surface area contributed by atoms with E-state index in [2.05, 4.69) is 77.2 Å². The van der Waals surface area contributed by atoms with Gasteiger partial charge in [0.05, 0.1) is 0 Å². The third-order valence-electron chi connectivity index (χ3n) is 6.08. The highest BCUT2D eigenvalue weighted by Crippen LogP contribution is 2.34.